The minimum absolute atomic E-state index is 0. The molecule has 0 aromatic carbocycles. The van der Waals surface area contributed by atoms with E-state index in [9.17, 15) is 4.79 Å². The van der Waals surface area contributed by atoms with Crippen molar-refractivity contribution in [2.45, 2.75) is 58.2 Å². The molecule has 0 unspecified atom stereocenters. The fourth-order valence-corrected chi connectivity index (χ4v) is 2.49. The number of hydrogen-bond donors (Lipinski definition) is 1. The average molecular weight is 489 g/mol. The highest BCUT2D eigenvalue weighted by molar-refractivity contribution is 14.0. The van der Waals surface area contributed by atoms with Crippen molar-refractivity contribution in [3.8, 4) is 0 Å². The molecule has 2 rings (SSSR count). The van der Waals surface area contributed by atoms with Crippen LogP contribution >= 0.6 is 24.0 Å². The molecule has 0 saturated heterocycles. The van der Waals surface area contributed by atoms with E-state index in [0.717, 1.165) is 12.0 Å². The van der Waals surface area contributed by atoms with Gasteiger partial charge >= 0.3 is 6.09 Å². The Bertz CT molecular complexity index is 614. The number of rotatable bonds is 7. The molecule has 0 spiro atoms. The summed E-state index contributed by atoms with van der Waals surface area (Å²) in [5.41, 5.74) is 6.44. The molecule has 1 aromatic rings. The van der Waals surface area contributed by atoms with Gasteiger partial charge in [-0.05, 0) is 51.7 Å². The smallest absolute Gasteiger partial charge is 0.410 e. The second kappa shape index (κ2) is 10.7. The van der Waals surface area contributed by atoms with Crippen LogP contribution in [-0.4, -0.2) is 58.6 Å². The lowest BCUT2D eigenvalue weighted by Gasteiger charge is -2.27. The Morgan fingerprint density at radius 1 is 1.41 bits per heavy atom. The van der Waals surface area contributed by atoms with Crippen molar-refractivity contribution in [2.24, 2.45) is 10.7 Å². The lowest BCUT2D eigenvalue weighted by Crippen LogP contribution is -2.38. The molecule has 8 heteroatoms. The second-order valence-electron chi connectivity index (χ2n) is 7.70. The van der Waals surface area contributed by atoms with Crippen LogP contribution in [0, 0.1) is 0 Å². The van der Waals surface area contributed by atoms with Crippen LogP contribution in [0.5, 0.6) is 0 Å². The minimum atomic E-state index is -0.528. The van der Waals surface area contributed by atoms with Gasteiger partial charge in [0.15, 0.2) is 5.96 Å². The van der Waals surface area contributed by atoms with Gasteiger partial charge in [-0.1, -0.05) is 6.07 Å². The highest BCUT2D eigenvalue weighted by Crippen LogP contribution is 2.24. The van der Waals surface area contributed by atoms with E-state index in [0.29, 0.717) is 31.6 Å². The minimum Gasteiger partial charge on any atom is -0.444 e. The molecule has 1 fully saturated rings. The molecular weight excluding hydrogens is 457 g/mol. The van der Waals surface area contributed by atoms with Crippen LogP contribution < -0.4 is 5.73 Å². The number of nitrogens with zero attached hydrogens (tertiary/aromatic N) is 4. The lowest BCUT2D eigenvalue weighted by molar-refractivity contribution is 0.0232. The molecule has 1 aliphatic rings. The molecule has 7 nitrogen and oxygen atoms in total. The highest BCUT2D eigenvalue weighted by atomic mass is 127. The number of nitrogens with two attached hydrogens (primary N) is 1. The topological polar surface area (TPSA) is 84.0 Å². The first kappa shape index (κ1) is 23.5. The number of aliphatic imine (C=N–C) groups is 1. The van der Waals surface area contributed by atoms with Crippen LogP contribution in [-0.2, 0) is 11.3 Å². The van der Waals surface area contributed by atoms with E-state index in [2.05, 4.69) is 9.98 Å². The zero-order valence-corrected chi connectivity index (χ0v) is 19.1. The van der Waals surface area contributed by atoms with Gasteiger partial charge in [0.2, 0.25) is 0 Å². The van der Waals surface area contributed by atoms with Crippen LogP contribution in [0.4, 0.5) is 4.79 Å². The van der Waals surface area contributed by atoms with Crippen molar-refractivity contribution >= 4 is 36.0 Å². The molecule has 0 bridgehead atoms. The number of carbonyl (C=O) groups is 1. The molecular formula is C19H32IN5O2. The zero-order valence-electron chi connectivity index (χ0n) is 16.7. The van der Waals surface area contributed by atoms with Crippen molar-refractivity contribution in [3.05, 3.63) is 30.1 Å². The van der Waals surface area contributed by atoms with Crippen molar-refractivity contribution in [1.29, 1.82) is 0 Å². The summed E-state index contributed by atoms with van der Waals surface area (Å²) in [7, 11) is 1.98. The van der Waals surface area contributed by atoms with E-state index < -0.39 is 5.60 Å². The maximum Gasteiger partial charge on any atom is 0.410 e. The average Bonchev–Trinajstić information content (AvgIpc) is 3.41. The van der Waals surface area contributed by atoms with Gasteiger partial charge in [-0.25, -0.2) is 4.79 Å². The largest absolute Gasteiger partial charge is 0.444 e. The Labute approximate surface area is 179 Å². The fraction of sp³-hybridized carbons (Fsp3) is 0.632. The summed E-state index contributed by atoms with van der Waals surface area (Å²) in [6, 6.07) is 4.36. The summed E-state index contributed by atoms with van der Waals surface area (Å²) in [4.78, 5) is 24.8. The van der Waals surface area contributed by atoms with Gasteiger partial charge in [0.05, 0.1) is 6.54 Å². The van der Waals surface area contributed by atoms with Crippen LogP contribution in [0.1, 0.15) is 45.6 Å². The Balaban J connectivity index is 0.00000364. The van der Waals surface area contributed by atoms with Crippen molar-refractivity contribution in [2.75, 3.05) is 20.1 Å². The summed E-state index contributed by atoms with van der Waals surface area (Å²) < 4.78 is 5.53. The van der Waals surface area contributed by atoms with Crippen LogP contribution in [0.2, 0.25) is 0 Å². The monoisotopic (exact) mass is 489 g/mol. The van der Waals surface area contributed by atoms with Gasteiger partial charge in [0.25, 0.3) is 0 Å². The summed E-state index contributed by atoms with van der Waals surface area (Å²) in [6.45, 7) is 7.19. The van der Waals surface area contributed by atoms with Gasteiger partial charge < -0.3 is 20.3 Å². The number of amides is 1. The fourth-order valence-electron chi connectivity index (χ4n) is 2.49. The van der Waals surface area contributed by atoms with E-state index in [-0.39, 0.29) is 30.1 Å². The molecule has 1 amide bonds. The third kappa shape index (κ3) is 8.77. The van der Waals surface area contributed by atoms with Crippen molar-refractivity contribution in [1.82, 2.24) is 14.8 Å². The van der Waals surface area contributed by atoms with E-state index >= 15 is 0 Å². The van der Waals surface area contributed by atoms with E-state index in [1.54, 1.807) is 17.3 Å². The summed E-state index contributed by atoms with van der Waals surface area (Å²) >= 11 is 0. The van der Waals surface area contributed by atoms with Crippen molar-refractivity contribution in [3.63, 3.8) is 0 Å². The molecule has 1 heterocycles. The highest BCUT2D eigenvalue weighted by Gasteiger charge is 2.27. The Morgan fingerprint density at radius 3 is 2.67 bits per heavy atom. The predicted molar refractivity (Wildman–Crippen MR) is 118 cm³/mol. The maximum atomic E-state index is 12.5. The van der Waals surface area contributed by atoms with Crippen LogP contribution in [0.25, 0.3) is 0 Å². The normalized spacial score (nSPS) is 14.3. The maximum absolute atomic E-state index is 12.5. The SMILES string of the molecule is CN(C(N)=NCCCN(Cc1cccnc1)C(=O)OC(C)(C)C)C1CC1.I. The number of hydrogen-bond acceptors (Lipinski definition) is 4. The Morgan fingerprint density at radius 2 is 2.11 bits per heavy atom. The van der Waals surface area contributed by atoms with Gasteiger partial charge in [0, 0.05) is 38.6 Å². The van der Waals surface area contributed by atoms with E-state index in [1.807, 2.05) is 44.9 Å². The summed E-state index contributed by atoms with van der Waals surface area (Å²) in [5, 5.41) is 0. The third-order valence-corrected chi connectivity index (χ3v) is 4.06. The first-order valence-corrected chi connectivity index (χ1v) is 9.16. The molecule has 152 valence electrons. The molecule has 0 atom stereocenters. The van der Waals surface area contributed by atoms with Crippen molar-refractivity contribution < 1.29 is 9.53 Å². The number of pyridine rings is 1. The first-order chi connectivity index (χ1) is 12.3. The van der Waals surface area contributed by atoms with E-state index in [1.165, 1.54) is 12.8 Å². The van der Waals surface area contributed by atoms with Crippen LogP contribution in [0.3, 0.4) is 0 Å². The predicted octanol–water partition coefficient (Wildman–Crippen LogP) is 3.24. The second-order valence-corrected chi connectivity index (χ2v) is 7.70. The molecule has 1 saturated carbocycles. The van der Waals surface area contributed by atoms with Gasteiger partial charge in [0.1, 0.15) is 5.60 Å². The Kier molecular flexibility index (Phi) is 9.28. The van der Waals surface area contributed by atoms with Crippen LogP contribution in [0.15, 0.2) is 29.5 Å². The number of aromatic nitrogens is 1. The molecule has 1 aliphatic carbocycles. The molecule has 2 N–H and O–H groups in total. The Hall–Kier alpha value is -1.58. The molecule has 0 aliphatic heterocycles. The summed E-state index contributed by atoms with van der Waals surface area (Å²) in [6.07, 6.45) is 6.24. The zero-order chi connectivity index (χ0) is 19.2. The number of halogens is 1. The van der Waals surface area contributed by atoms with Gasteiger partial charge in [-0.15, -0.1) is 24.0 Å². The standard InChI is InChI=1S/C19H31N5O2.HI/c1-19(2,3)26-18(25)24(14-15-7-5-10-21-13-15)12-6-11-22-17(20)23(4)16-8-9-16;/h5,7,10,13,16H,6,8-9,11-12,14H2,1-4H3,(H2,20,22);1H. The van der Waals surface area contributed by atoms with Gasteiger partial charge in [-0.3, -0.25) is 9.98 Å². The molecule has 27 heavy (non-hydrogen) atoms. The molecule has 0 radical (unpaired) electrons. The quantitative estimate of drug-likeness (QED) is 0.275. The number of guanidine groups is 1. The third-order valence-electron chi connectivity index (χ3n) is 4.06. The lowest BCUT2D eigenvalue weighted by atomic mass is 10.2. The summed E-state index contributed by atoms with van der Waals surface area (Å²) in [5.74, 6) is 0.573. The molecule has 1 aromatic heterocycles. The van der Waals surface area contributed by atoms with Gasteiger partial charge in [-0.2, -0.15) is 0 Å². The number of carbonyl (C=O) groups excluding carboxylic acids is 1. The van der Waals surface area contributed by atoms with E-state index in [4.69, 9.17) is 10.5 Å². The first-order valence-electron chi connectivity index (χ1n) is 9.16. The number of ether oxygens (including phenoxy) is 1.